The van der Waals surface area contributed by atoms with E-state index in [4.69, 9.17) is 9.47 Å². The Morgan fingerprint density at radius 2 is 1.86 bits per heavy atom. The van der Waals surface area contributed by atoms with Gasteiger partial charge in [-0.15, -0.1) is 0 Å². The van der Waals surface area contributed by atoms with E-state index < -0.39 is 34.3 Å². The molecular weight excluding hydrogens is 387 g/mol. The Balaban J connectivity index is 1.73. The van der Waals surface area contributed by atoms with Crippen molar-refractivity contribution >= 4 is 21.6 Å². The predicted octanol–water partition coefficient (Wildman–Crippen LogP) is 2.24. The van der Waals surface area contributed by atoms with Crippen molar-refractivity contribution in [3.63, 3.8) is 0 Å². The topological polar surface area (TPSA) is 84.9 Å². The molecule has 0 saturated heterocycles. The van der Waals surface area contributed by atoms with Gasteiger partial charge in [0.05, 0.1) is 18.0 Å². The van der Waals surface area contributed by atoms with Gasteiger partial charge in [-0.25, -0.2) is 12.8 Å². The molecule has 150 valence electrons. The van der Waals surface area contributed by atoms with Crippen LogP contribution in [0.1, 0.15) is 18.5 Å². The van der Waals surface area contributed by atoms with Crippen LogP contribution in [0.25, 0.3) is 0 Å². The largest absolute Gasteiger partial charge is 0.486 e. The maximum absolute atomic E-state index is 14.0. The molecule has 1 aliphatic rings. The van der Waals surface area contributed by atoms with Crippen LogP contribution in [0.3, 0.4) is 0 Å². The number of nitrogens with zero attached hydrogens (tertiary/aromatic N) is 1. The second-order valence-corrected chi connectivity index (χ2v) is 8.32. The highest BCUT2D eigenvalue weighted by atomic mass is 32.2. The van der Waals surface area contributed by atoms with Crippen LogP contribution >= 0.6 is 0 Å². The minimum Gasteiger partial charge on any atom is -0.486 e. The van der Waals surface area contributed by atoms with Crippen LogP contribution in [-0.2, 0) is 14.8 Å². The lowest BCUT2D eigenvalue weighted by Crippen LogP contribution is -2.41. The van der Waals surface area contributed by atoms with Crippen LogP contribution < -0.4 is 19.1 Å². The fourth-order valence-electron chi connectivity index (χ4n) is 2.87. The molecule has 0 saturated carbocycles. The minimum absolute atomic E-state index is 0.174. The first kappa shape index (κ1) is 19.9. The van der Waals surface area contributed by atoms with E-state index in [0.717, 1.165) is 22.2 Å². The summed E-state index contributed by atoms with van der Waals surface area (Å²) in [6.07, 6.45) is 0.928. The fourth-order valence-corrected chi connectivity index (χ4v) is 3.72. The molecule has 0 radical (unpaired) electrons. The SMILES string of the molecule is C[C@@H](NC(=O)CN(c1ccccc1F)S(C)(=O)=O)c1ccc2c(c1)OCCO2. The molecule has 2 aromatic rings. The Morgan fingerprint density at radius 1 is 1.18 bits per heavy atom. The third-order valence-electron chi connectivity index (χ3n) is 4.25. The Morgan fingerprint density at radius 3 is 2.54 bits per heavy atom. The third kappa shape index (κ3) is 4.53. The van der Waals surface area contributed by atoms with Crippen LogP contribution in [-0.4, -0.2) is 40.3 Å². The average Bonchev–Trinajstić information content (AvgIpc) is 2.65. The van der Waals surface area contributed by atoms with E-state index >= 15 is 0 Å². The summed E-state index contributed by atoms with van der Waals surface area (Å²) in [6.45, 7) is 2.16. The normalized spacial score (nSPS) is 14.2. The summed E-state index contributed by atoms with van der Waals surface area (Å²) >= 11 is 0. The minimum atomic E-state index is -3.85. The number of hydrogen-bond acceptors (Lipinski definition) is 5. The molecule has 1 atom stereocenters. The monoisotopic (exact) mass is 408 g/mol. The molecule has 0 unspecified atom stereocenters. The molecular formula is C19H21FN2O5S. The first-order valence-electron chi connectivity index (χ1n) is 8.67. The van der Waals surface area contributed by atoms with Gasteiger partial charge in [-0.1, -0.05) is 18.2 Å². The van der Waals surface area contributed by atoms with Crippen molar-refractivity contribution in [2.24, 2.45) is 0 Å². The molecule has 1 aliphatic heterocycles. The van der Waals surface area contributed by atoms with E-state index in [-0.39, 0.29) is 5.69 Å². The molecule has 0 spiro atoms. The maximum atomic E-state index is 14.0. The van der Waals surface area contributed by atoms with Gasteiger partial charge in [0.15, 0.2) is 11.5 Å². The molecule has 1 N–H and O–H groups in total. The smallest absolute Gasteiger partial charge is 0.241 e. The molecule has 1 amide bonds. The summed E-state index contributed by atoms with van der Waals surface area (Å²) in [5.74, 6) is -0.0537. The second kappa shape index (κ2) is 8.05. The number of rotatable bonds is 6. The Hall–Kier alpha value is -2.81. The van der Waals surface area contributed by atoms with Crippen molar-refractivity contribution in [3.05, 3.63) is 53.8 Å². The van der Waals surface area contributed by atoms with Gasteiger partial charge >= 0.3 is 0 Å². The fraction of sp³-hybridized carbons (Fsp3) is 0.316. The van der Waals surface area contributed by atoms with Crippen LogP contribution in [0.2, 0.25) is 0 Å². The summed E-state index contributed by atoms with van der Waals surface area (Å²) in [5, 5.41) is 2.73. The molecule has 1 heterocycles. The van der Waals surface area contributed by atoms with Gasteiger partial charge in [0.25, 0.3) is 0 Å². The Kier molecular flexibility index (Phi) is 5.73. The number of para-hydroxylation sites is 1. The summed E-state index contributed by atoms with van der Waals surface area (Å²) in [7, 11) is -3.85. The first-order chi connectivity index (χ1) is 13.3. The number of benzene rings is 2. The Bertz CT molecular complexity index is 980. The lowest BCUT2D eigenvalue weighted by atomic mass is 10.1. The highest BCUT2D eigenvalue weighted by molar-refractivity contribution is 7.92. The van der Waals surface area contributed by atoms with Crippen LogP contribution in [0.4, 0.5) is 10.1 Å². The highest BCUT2D eigenvalue weighted by Crippen LogP contribution is 2.32. The summed E-state index contributed by atoms with van der Waals surface area (Å²) in [6, 6.07) is 10.3. The number of nitrogens with one attached hydrogen (secondary N) is 1. The number of carbonyl (C=O) groups is 1. The summed E-state index contributed by atoms with van der Waals surface area (Å²) in [5.41, 5.74) is 0.599. The van der Waals surface area contributed by atoms with Gasteiger partial charge in [-0.05, 0) is 36.8 Å². The lowest BCUT2D eigenvalue weighted by Gasteiger charge is -2.24. The zero-order valence-electron chi connectivity index (χ0n) is 15.5. The van der Waals surface area contributed by atoms with Gasteiger partial charge in [0.2, 0.25) is 15.9 Å². The lowest BCUT2D eigenvalue weighted by molar-refractivity contribution is -0.120. The standard InChI is InChI=1S/C19H21FN2O5S/c1-13(14-7-8-17-18(11-14)27-10-9-26-17)21-19(23)12-22(28(2,24)25)16-6-4-3-5-15(16)20/h3-8,11,13H,9-10,12H2,1-2H3,(H,21,23)/t13-/m1/s1. The van der Waals surface area contributed by atoms with Gasteiger partial charge in [-0.3, -0.25) is 9.10 Å². The molecule has 0 aliphatic carbocycles. The van der Waals surface area contributed by atoms with Crippen LogP contribution in [0.5, 0.6) is 11.5 Å². The number of ether oxygens (including phenoxy) is 2. The number of fused-ring (bicyclic) bond motifs is 1. The molecule has 3 rings (SSSR count). The number of hydrogen-bond donors (Lipinski definition) is 1. The molecule has 2 aromatic carbocycles. The molecule has 28 heavy (non-hydrogen) atoms. The summed E-state index contributed by atoms with van der Waals surface area (Å²) < 4.78 is 50.0. The Labute approximate surface area is 163 Å². The molecule has 0 aromatic heterocycles. The average molecular weight is 408 g/mol. The maximum Gasteiger partial charge on any atom is 0.241 e. The van der Waals surface area contributed by atoms with Crippen LogP contribution in [0, 0.1) is 5.82 Å². The number of halogens is 1. The van der Waals surface area contributed by atoms with E-state index in [9.17, 15) is 17.6 Å². The van der Waals surface area contributed by atoms with Crippen molar-refractivity contribution in [2.75, 3.05) is 30.3 Å². The molecule has 9 heteroatoms. The number of carbonyl (C=O) groups excluding carboxylic acids is 1. The molecule has 0 bridgehead atoms. The zero-order valence-corrected chi connectivity index (χ0v) is 16.3. The quantitative estimate of drug-likeness (QED) is 0.793. The van der Waals surface area contributed by atoms with E-state index in [1.807, 2.05) is 0 Å². The van der Waals surface area contributed by atoms with Gasteiger partial charge in [0, 0.05) is 0 Å². The third-order valence-corrected chi connectivity index (χ3v) is 5.38. The van der Waals surface area contributed by atoms with Crippen LogP contribution in [0.15, 0.2) is 42.5 Å². The van der Waals surface area contributed by atoms with E-state index in [2.05, 4.69) is 5.32 Å². The second-order valence-electron chi connectivity index (χ2n) is 6.41. The highest BCUT2D eigenvalue weighted by Gasteiger charge is 2.24. The number of anilines is 1. The van der Waals surface area contributed by atoms with E-state index in [0.29, 0.717) is 24.7 Å². The van der Waals surface area contributed by atoms with E-state index in [1.165, 1.54) is 18.2 Å². The predicted molar refractivity (Wildman–Crippen MR) is 103 cm³/mol. The number of sulfonamides is 1. The van der Waals surface area contributed by atoms with Crippen molar-refractivity contribution in [2.45, 2.75) is 13.0 Å². The number of amides is 1. The first-order valence-corrected chi connectivity index (χ1v) is 10.5. The molecule has 7 nitrogen and oxygen atoms in total. The zero-order chi connectivity index (χ0) is 20.3. The van der Waals surface area contributed by atoms with E-state index in [1.54, 1.807) is 25.1 Å². The van der Waals surface area contributed by atoms with Gasteiger partial charge in [-0.2, -0.15) is 0 Å². The van der Waals surface area contributed by atoms with Crippen molar-refractivity contribution in [1.82, 2.24) is 5.32 Å². The van der Waals surface area contributed by atoms with Crippen molar-refractivity contribution in [1.29, 1.82) is 0 Å². The van der Waals surface area contributed by atoms with Crippen molar-refractivity contribution < 1.29 is 27.1 Å². The van der Waals surface area contributed by atoms with Gasteiger partial charge < -0.3 is 14.8 Å². The molecule has 0 fully saturated rings. The summed E-state index contributed by atoms with van der Waals surface area (Å²) in [4.78, 5) is 12.5. The van der Waals surface area contributed by atoms with Crippen molar-refractivity contribution in [3.8, 4) is 11.5 Å². The van der Waals surface area contributed by atoms with Gasteiger partial charge in [0.1, 0.15) is 25.6 Å².